The molecule has 2 aliphatic carbocycles. The van der Waals surface area contributed by atoms with Gasteiger partial charge >= 0.3 is 12.0 Å². The van der Waals surface area contributed by atoms with Gasteiger partial charge in [0.2, 0.25) is 0 Å². The highest BCUT2D eigenvalue weighted by Crippen LogP contribution is 2.58. The fourth-order valence-corrected chi connectivity index (χ4v) is 5.59. The van der Waals surface area contributed by atoms with Crippen LogP contribution in [0.15, 0.2) is 4.52 Å². The summed E-state index contributed by atoms with van der Waals surface area (Å²) in [5.41, 5.74) is -0.278. The van der Waals surface area contributed by atoms with Crippen molar-refractivity contribution in [3.8, 4) is 0 Å². The average molecular weight is 392 g/mol. The topological polar surface area (TPSA) is 96.2 Å². The number of amides is 2. The second-order valence-electron chi connectivity index (χ2n) is 7.77. The second kappa shape index (κ2) is 5.88. The number of alkyl halides is 1. The number of rotatable bonds is 3. The lowest BCUT2D eigenvalue weighted by Gasteiger charge is -2.24. The van der Waals surface area contributed by atoms with E-state index >= 15 is 0 Å². The number of anilines is 2. The first-order valence-corrected chi connectivity index (χ1v) is 10.1. The minimum atomic E-state index is -1.03. The van der Waals surface area contributed by atoms with Crippen molar-refractivity contribution < 1.29 is 13.7 Å². The Morgan fingerprint density at radius 2 is 2.11 bits per heavy atom. The normalized spacial score (nSPS) is 29.0. The molecule has 8 nitrogen and oxygen atoms in total. The Kier molecular flexibility index (Phi) is 3.68. The third-order valence-electron chi connectivity index (χ3n) is 6.10. The van der Waals surface area contributed by atoms with Crippen molar-refractivity contribution in [2.75, 3.05) is 23.8 Å². The number of aromatic nitrogens is 3. The molecule has 2 amide bonds. The monoisotopic (exact) mass is 392 g/mol. The first-order valence-electron chi connectivity index (χ1n) is 9.24. The van der Waals surface area contributed by atoms with E-state index in [2.05, 4.69) is 25.8 Å². The van der Waals surface area contributed by atoms with Crippen LogP contribution in [0.3, 0.4) is 0 Å². The summed E-state index contributed by atoms with van der Waals surface area (Å²) in [4.78, 5) is 23.7. The summed E-state index contributed by atoms with van der Waals surface area (Å²) in [6.45, 7) is 1.34. The van der Waals surface area contributed by atoms with Crippen molar-refractivity contribution in [3.63, 3.8) is 0 Å². The molecule has 0 unspecified atom stereocenters. The number of halogens is 1. The molecule has 0 saturated heterocycles. The van der Waals surface area contributed by atoms with Gasteiger partial charge in [-0.3, -0.25) is 5.32 Å². The van der Waals surface area contributed by atoms with Crippen molar-refractivity contribution >= 4 is 28.5 Å². The van der Waals surface area contributed by atoms with Crippen LogP contribution in [0, 0.1) is 0 Å². The number of thiazole rings is 1. The first kappa shape index (κ1) is 16.9. The Morgan fingerprint density at radius 1 is 1.30 bits per heavy atom. The van der Waals surface area contributed by atoms with E-state index in [-0.39, 0.29) is 11.4 Å². The predicted molar refractivity (Wildman–Crippen MR) is 97.8 cm³/mol. The number of hydrogen-bond donors (Lipinski definition) is 2. The van der Waals surface area contributed by atoms with Gasteiger partial charge in [-0.25, -0.2) is 14.2 Å². The molecule has 3 heterocycles. The third-order valence-corrected chi connectivity index (χ3v) is 7.10. The Bertz CT molecular complexity index is 888. The van der Waals surface area contributed by atoms with Crippen molar-refractivity contribution in [3.05, 3.63) is 16.4 Å². The maximum Gasteiger partial charge on any atom is 0.324 e. The molecule has 3 aliphatic rings. The number of nitrogens with one attached hydrogen (secondary N) is 2. The first-order chi connectivity index (χ1) is 13.0. The van der Waals surface area contributed by atoms with Gasteiger partial charge in [-0.1, -0.05) is 16.5 Å². The van der Waals surface area contributed by atoms with Crippen LogP contribution in [0.25, 0.3) is 0 Å². The fraction of sp³-hybridized carbons (Fsp3) is 0.647. The van der Waals surface area contributed by atoms with Crippen molar-refractivity contribution in [1.29, 1.82) is 0 Å². The smallest absolute Gasteiger partial charge is 0.324 e. The van der Waals surface area contributed by atoms with E-state index in [9.17, 15) is 9.18 Å². The summed E-state index contributed by atoms with van der Waals surface area (Å²) in [6, 6.07) is 0.207. The molecule has 27 heavy (non-hydrogen) atoms. The van der Waals surface area contributed by atoms with Crippen LogP contribution in [0.4, 0.5) is 20.3 Å². The summed E-state index contributed by atoms with van der Waals surface area (Å²) in [7, 11) is 1.57. The van der Waals surface area contributed by atoms with E-state index < -0.39 is 5.67 Å². The van der Waals surface area contributed by atoms with Gasteiger partial charge in [0.15, 0.2) is 11.0 Å². The van der Waals surface area contributed by atoms with Gasteiger partial charge in [0.1, 0.15) is 5.67 Å². The molecule has 2 N–H and O–H groups in total. The van der Waals surface area contributed by atoms with Gasteiger partial charge in [0.05, 0.1) is 12.2 Å². The zero-order valence-corrected chi connectivity index (χ0v) is 15.9. The van der Waals surface area contributed by atoms with Gasteiger partial charge < -0.3 is 14.7 Å². The van der Waals surface area contributed by atoms with Gasteiger partial charge in [0.25, 0.3) is 0 Å². The van der Waals surface area contributed by atoms with Crippen LogP contribution in [-0.2, 0) is 18.4 Å². The van der Waals surface area contributed by atoms with Crippen LogP contribution >= 0.6 is 11.3 Å². The molecule has 144 valence electrons. The van der Waals surface area contributed by atoms with Crippen LogP contribution in [0.5, 0.6) is 0 Å². The molecule has 2 fully saturated rings. The number of fused-ring (bicyclic) bond motifs is 3. The van der Waals surface area contributed by atoms with Gasteiger partial charge in [-0.2, -0.15) is 4.98 Å². The van der Waals surface area contributed by atoms with E-state index in [1.165, 1.54) is 11.3 Å². The number of hydrogen-bond acceptors (Lipinski definition) is 7. The molecule has 0 spiro atoms. The SMILES string of the molecule is CNC(=O)Nc1nc2c(s1)CN(c1nc(C34CCC(F)(CC3)C4)no1)CC2. The van der Waals surface area contributed by atoms with Crippen LogP contribution < -0.4 is 15.5 Å². The lowest BCUT2D eigenvalue weighted by Crippen LogP contribution is -2.30. The van der Waals surface area contributed by atoms with E-state index in [0.717, 1.165) is 36.4 Å². The maximum absolute atomic E-state index is 14.5. The molecule has 10 heteroatoms. The molecule has 2 aromatic rings. The van der Waals surface area contributed by atoms with Gasteiger partial charge in [0, 0.05) is 30.3 Å². The van der Waals surface area contributed by atoms with Gasteiger partial charge in [-0.15, -0.1) is 0 Å². The Hall–Kier alpha value is -2.23. The highest BCUT2D eigenvalue weighted by molar-refractivity contribution is 7.15. The van der Waals surface area contributed by atoms with E-state index in [1.54, 1.807) is 7.05 Å². The minimum Gasteiger partial charge on any atom is -0.341 e. The number of urea groups is 1. The molecule has 1 aliphatic heterocycles. The van der Waals surface area contributed by atoms with Crippen LogP contribution in [0.2, 0.25) is 0 Å². The summed E-state index contributed by atoms with van der Waals surface area (Å²) in [5, 5.41) is 10.0. The molecule has 0 atom stereocenters. The Balaban J connectivity index is 1.33. The van der Waals surface area contributed by atoms with E-state index in [1.807, 2.05) is 4.90 Å². The van der Waals surface area contributed by atoms with Crippen LogP contribution in [-0.4, -0.2) is 40.4 Å². The van der Waals surface area contributed by atoms with Crippen molar-refractivity contribution in [2.45, 2.75) is 56.2 Å². The highest BCUT2D eigenvalue weighted by Gasteiger charge is 2.57. The average Bonchev–Trinajstić information content (AvgIpc) is 3.41. The van der Waals surface area contributed by atoms with E-state index in [4.69, 9.17) is 4.52 Å². The van der Waals surface area contributed by atoms with Crippen molar-refractivity contribution in [2.24, 2.45) is 0 Å². The summed E-state index contributed by atoms with van der Waals surface area (Å²) in [6.07, 6.45) is 4.08. The molecule has 0 aromatic carbocycles. The fourth-order valence-electron chi connectivity index (χ4n) is 4.57. The summed E-state index contributed by atoms with van der Waals surface area (Å²) >= 11 is 1.46. The summed E-state index contributed by atoms with van der Waals surface area (Å²) < 4.78 is 20.1. The summed E-state index contributed by atoms with van der Waals surface area (Å²) in [5.74, 6) is 0.659. The van der Waals surface area contributed by atoms with Crippen molar-refractivity contribution in [1.82, 2.24) is 20.4 Å². The minimum absolute atomic E-state index is 0.244. The molecular weight excluding hydrogens is 371 g/mol. The lowest BCUT2D eigenvalue weighted by molar-refractivity contribution is 0.176. The Morgan fingerprint density at radius 3 is 2.81 bits per heavy atom. The predicted octanol–water partition coefficient (Wildman–Crippen LogP) is 2.76. The van der Waals surface area contributed by atoms with E-state index in [0.29, 0.717) is 42.8 Å². The number of nitrogens with zero attached hydrogens (tertiary/aromatic N) is 4. The number of carbonyl (C=O) groups excluding carboxylic acids is 1. The Labute approximate surface area is 159 Å². The molecule has 5 rings (SSSR count). The zero-order chi connectivity index (χ0) is 18.6. The second-order valence-corrected chi connectivity index (χ2v) is 8.86. The number of carbonyl (C=O) groups is 1. The lowest BCUT2D eigenvalue weighted by atomic mass is 9.83. The third kappa shape index (κ3) is 2.77. The molecule has 0 radical (unpaired) electrons. The van der Waals surface area contributed by atoms with Crippen LogP contribution in [0.1, 0.15) is 48.5 Å². The zero-order valence-electron chi connectivity index (χ0n) is 15.0. The van der Waals surface area contributed by atoms with Gasteiger partial charge in [-0.05, 0) is 32.1 Å². The maximum atomic E-state index is 14.5. The molecule has 2 aromatic heterocycles. The largest absolute Gasteiger partial charge is 0.341 e. The standard InChI is InChI=1S/C17H21FN6O2S/c1-19-13(25)22-14-20-10-2-7-24(8-11(10)27-14)15-21-12(23-26-15)16-3-5-17(18,9-16)6-4-16/h2-9H2,1H3,(H2,19,20,22,25). The molecular formula is C17H21FN6O2S. The highest BCUT2D eigenvalue weighted by atomic mass is 32.1. The molecule has 2 bridgehead atoms. The molecule has 2 saturated carbocycles. The quantitative estimate of drug-likeness (QED) is 0.834.